The fourth-order valence-electron chi connectivity index (χ4n) is 1.32. The van der Waals surface area contributed by atoms with E-state index in [4.69, 9.17) is 11.6 Å². The third-order valence-corrected chi connectivity index (χ3v) is 3.38. The number of rotatable bonds is 3. The number of carbonyl (C=O) groups excluding carboxylic acids is 1. The van der Waals surface area contributed by atoms with E-state index >= 15 is 0 Å². The molecule has 0 aliphatic heterocycles. The standard InChI is InChI=1S/C11H12ClIO2/c1-3-4-7-5-9(12)8(6-10(7)13)11(14)15-2/h5-6H,3-4H2,1-2H3. The summed E-state index contributed by atoms with van der Waals surface area (Å²) in [5, 5.41) is 0.464. The van der Waals surface area contributed by atoms with E-state index in [9.17, 15) is 4.79 Å². The molecule has 0 amide bonds. The van der Waals surface area contributed by atoms with Crippen molar-refractivity contribution in [1.82, 2.24) is 0 Å². The molecule has 1 aromatic rings. The topological polar surface area (TPSA) is 26.3 Å². The number of hydrogen-bond acceptors (Lipinski definition) is 2. The van der Waals surface area contributed by atoms with E-state index in [1.807, 2.05) is 6.07 Å². The van der Waals surface area contributed by atoms with Gasteiger partial charge >= 0.3 is 5.97 Å². The van der Waals surface area contributed by atoms with Gasteiger partial charge in [0.1, 0.15) is 0 Å². The van der Waals surface area contributed by atoms with E-state index in [0.29, 0.717) is 10.6 Å². The van der Waals surface area contributed by atoms with Gasteiger partial charge in [0.05, 0.1) is 17.7 Å². The summed E-state index contributed by atoms with van der Waals surface area (Å²) >= 11 is 8.22. The molecule has 0 unspecified atom stereocenters. The van der Waals surface area contributed by atoms with E-state index in [2.05, 4.69) is 34.3 Å². The van der Waals surface area contributed by atoms with Crippen molar-refractivity contribution in [3.63, 3.8) is 0 Å². The molecule has 0 saturated carbocycles. The largest absolute Gasteiger partial charge is 0.465 e. The summed E-state index contributed by atoms with van der Waals surface area (Å²) in [4.78, 5) is 11.3. The Morgan fingerprint density at radius 3 is 2.73 bits per heavy atom. The summed E-state index contributed by atoms with van der Waals surface area (Å²) in [7, 11) is 1.35. The van der Waals surface area contributed by atoms with Gasteiger partial charge in [-0.05, 0) is 46.7 Å². The van der Waals surface area contributed by atoms with Crippen molar-refractivity contribution in [2.75, 3.05) is 7.11 Å². The predicted molar refractivity (Wildman–Crippen MR) is 69.5 cm³/mol. The maximum Gasteiger partial charge on any atom is 0.339 e. The van der Waals surface area contributed by atoms with Gasteiger partial charge in [0.25, 0.3) is 0 Å². The number of carbonyl (C=O) groups is 1. The molecule has 0 bridgehead atoms. The van der Waals surface area contributed by atoms with Gasteiger partial charge in [-0.15, -0.1) is 0 Å². The van der Waals surface area contributed by atoms with E-state index < -0.39 is 0 Å². The van der Waals surface area contributed by atoms with Crippen molar-refractivity contribution in [3.8, 4) is 0 Å². The first-order valence-electron chi connectivity index (χ1n) is 4.66. The Balaban J connectivity index is 3.13. The van der Waals surface area contributed by atoms with Gasteiger partial charge in [0, 0.05) is 3.57 Å². The molecule has 2 nitrogen and oxygen atoms in total. The van der Waals surface area contributed by atoms with E-state index in [1.165, 1.54) is 12.7 Å². The maximum absolute atomic E-state index is 11.3. The molecule has 1 rings (SSSR count). The van der Waals surface area contributed by atoms with Crippen LogP contribution in [0.15, 0.2) is 12.1 Å². The highest BCUT2D eigenvalue weighted by Crippen LogP contribution is 2.24. The SMILES string of the molecule is CCCc1cc(Cl)c(C(=O)OC)cc1I. The molecule has 0 heterocycles. The van der Waals surface area contributed by atoms with Crippen LogP contribution in [0.25, 0.3) is 0 Å². The fourth-order valence-corrected chi connectivity index (χ4v) is 2.32. The second kappa shape index (κ2) is 5.70. The molecule has 0 aliphatic carbocycles. The maximum atomic E-state index is 11.3. The quantitative estimate of drug-likeness (QED) is 0.621. The van der Waals surface area contributed by atoms with Crippen molar-refractivity contribution in [2.45, 2.75) is 19.8 Å². The second-order valence-corrected chi connectivity index (χ2v) is 4.73. The third-order valence-electron chi connectivity index (χ3n) is 2.06. The minimum absolute atomic E-state index is 0.388. The van der Waals surface area contributed by atoms with Crippen LogP contribution >= 0.6 is 34.2 Å². The van der Waals surface area contributed by atoms with E-state index in [0.717, 1.165) is 16.4 Å². The minimum atomic E-state index is -0.388. The highest BCUT2D eigenvalue weighted by molar-refractivity contribution is 14.1. The van der Waals surface area contributed by atoms with Crippen LogP contribution in [0.5, 0.6) is 0 Å². The Kier molecular flexibility index (Phi) is 4.86. The molecule has 15 heavy (non-hydrogen) atoms. The summed E-state index contributed by atoms with van der Waals surface area (Å²) in [6.07, 6.45) is 2.03. The zero-order chi connectivity index (χ0) is 11.4. The van der Waals surface area contributed by atoms with Crippen LogP contribution in [0.4, 0.5) is 0 Å². The molecule has 0 fully saturated rings. The zero-order valence-electron chi connectivity index (χ0n) is 8.64. The first kappa shape index (κ1) is 12.8. The molecule has 82 valence electrons. The van der Waals surface area contributed by atoms with Gasteiger partial charge < -0.3 is 4.74 Å². The van der Waals surface area contributed by atoms with Crippen LogP contribution in [-0.2, 0) is 11.2 Å². The third kappa shape index (κ3) is 3.08. The number of aryl methyl sites for hydroxylation is 1. The van der Waals surface area contributed by atoms with Crippen LogP contribution in [0, 0.1) is 3.57 Å². The summed E-state index contributed by atoms with van der Waals surface area (Å²) < 4.78 is 5.70. The lowest BCUT2D eigenvalue weighted by molar-refractivity contribution is 0.0601. The monoisotopic (exact) mass is 338 g/mol. The summed E-state index contributed by atoms with van der Waals surface area (Å²) in [6, 6.07) is 3.62. The van der Waals surface area contributed by atoms with Crippen LogP contribution in [0.2, 0.25) is 5.02 Å². The smallest absolute Gasteiger partial charge is 0.339 e. The number of esters is 1. The number of hydrogen-bond donors (Lipinski definition) is 0. The molecule has 0 radical (unpaired) electrons. The first-order chi connectivity index (χ1) is 7.10. The van der Waals surface area contributed by atoms with Crippen molar-refractivity contribution in [1.29, 1.82) is 0 Å². The number of halogens is 2. The first-order valence-corrected chi connectivity index (χ1v) is 6.12. The van der Waals surface area contributed by atoms with Gasteiger partial charge in [0.2, 0.25) is 0 Å². The highest BCUT2D eigenvalue weighted by atomic mass is 127. The Hall–Kier alpha value is -0.290. The lowest BCUT2D eigenvalue weighted by atomic mass is 10.1. The molecule has 0 aliphatic rings. The Labute approximate surface area is 108 Å². The fraction of sp³-hybridized carbons (Fsp3) is 0.364. The van der Waals surface area contributed by atoms with Crippen molar-refractivity contribution >= 4 is 40.2 Å². The molecule has 0 aromatic heterocycles. The molecule has 4 heteroatoms. The van der Waals surface area contributed by atoms with Gasteiger partial charge in [-0.25, -0.2) is 4.79 Å². The molecular weight excluding hydrogens is 326 g/mol. The lowest BCUT2D eigenvalue weighted by Gasteiger charge is -2.07. The molecular formula is C11H12ClIO2. The summed E-state index contributed by atoms with van der Waals surface area (Å²) in [5.41, 5.74) is 1.61. The van der Waals surface area contributed by atoms with Crippen LogP contribution < -0.4 is 0 Å². The average Bonchev–Trinajstić information content (AvgIpc) is 2.22. The van der Waals surface area contributed by atoms with E-state index in [-0.39, 0.29) is 5.97 Å². The molecule has 0 saturated heterocycles. The molecule has 0 N–H and O–H groups in total. The zero-order valence-corrected chi connectivity index (χ0v) is 11.6. The highest BCUT2D eigenvalue weighted by Gasteiger charge is 2.13. The van der Waals surface area contributed by atoms with Crippen LogP contribution in [-0.4, -0.2) is 13.1 Å². The molecule has 0 spiro atoms. The Morgan fingerprint density at radius 1 is 1.53 bits per heavy atom. The number of benzene rings is 1. The Morgan fingerprint density at radius 2 is 2.20 bits per heavy atom. The normalized spacial score (nSPS) is 10.1. The Bertz CT molecular complexity index is 377. The lowest BCUT2D eigenvalue weighted by Crippen LogP contribution is -2.04. The van der Waals surface area contributed by atoms with Crippen molar-refractivity contribution in [3.05, 3.63) is 31.9 Å². The molecule has 1 aromatic carbocycles. The van der Waals surface area contributed by atoms with E-state index in [1.54, 1.807) is 6.07 Å². The molecule has 0 atom stereocenters. The van der Waals surface area contributed by atoms with Crippen molar-refractivity contribution < 1.29 is 9.53 Å². The van der Waals surface area contributed by atoms with Gasteiger partial charge in [-0.1, -0.05) is 24.9 Å². The minimum Gasteiger partial charge on any atom is -0.465 e. The predicted octanol–water partition coefficient (Wildman–Crippen LogP) is 3.68. The van der Waals surface area contributed by atoms with Crippen molar-refractivity contribution in [2.24, 2.45) is 0 Å². The summed E-state index contributed by atoms with van der Waals surface area (Å²) in [5.74, 6) is -0.388. The van der Waals surface area contributed by atoms with Crippen LogP contribution in [0.3, 0.4) is 0 Å². The average molecular weight is 339 g/mol. The van der Waals surface area contributed by atoms with Gasteiger partial charge in [-0.3, -0.25) is 0 Å². The van der Waals surface area contributed by atoms with Gasteiger partial charge in [-0.2, -0.15) is 0 Å². The number of ether oxygens (including phenoxy) is 1. The van der Waals surface area contributed by atoms with Crippen LogP contribution in [0.1, 0.15) is 29.3 Å². The number of methoxy groups -OCH3 is 1. The second-order valence-electron chi connectivity index (χ2n) is 3.17. The summed E-state index contributed by atoms with van der Waals surface area (Å²) in [6.45, 7) is 2.11. The van der Waals surface area contributed by atoms with Gasteiger partial charge in [0.15, 0.2) is 0 Å².